The minimum atomic E-state index is -1.00. The second-order valence-electron chi connectivity index (χ2n) is 7.21. The van der Waals surface area contributed by atoms with Crippen LogP contribution in [0.5, 0.6) is 0 Å². The third-order valence-electron chi connectivity index (χ3n) is 4.95. The molecule has 2 aromatic rings. The zero-order valence-electron chi connectivity index (χ0n) is 14.7. The van der Waals surface area contributed by atoms with Crippen molar-refractivity contribution in [2.24, 2.45) is 0 Å². The topological polar surface area (TPSA) is 55.8 Å². The van der Waals surface area contributed by atoms with E-state index in [2.05, 4.69) is 0 Å². The quantitative estimate of drug-likeness (QED) is 0.868. The molecule has 0 amide bonds. The van der Waals surface area contributed by atoms with Crippen LogP contribution in [-0.4, -0.2) is 29.4 Å². The van der Waals surface area contributed by atoms with Gasteiger partial charge in [0, 0.05) is 5.46 Å². The Labute approximate surface area is 146 Å². The standard InChI is InChI=1S/C19H20BFO4/c1-18(2)19(3,4)25-20(24-18)15-11-13(8-9-16(15)21)12-6-5-7-14(10-12)17(22)23/h5-11H,1-4H3,(H,22,23). The van der Waals surface area contributed by atoms with E-state index in [1.54, 1.807) is 30.3 Å². The molecular formula is C19H20BFO4. The van der Waals surface area contributed by atoms with Gasteiger partial charge in [0.15, 0.2) is 0 Å². The van der Waals surface area contributed by atoms with Gasteiger partial charge in [0.1, 0.15) is 5.82 Å². The van der Waals surface area contributed by atoms with Crippen molar-refractivity contribution < 1.29 is 23.6 Å². The highest BCUT2D eigenvalue weighted by Crippen LogP contribution is 2.37. The van der Waals surface area contributed by atoms with Crippen LogP contribution in [0.25, 0.3) is 11.1 Å². The SMILES string of the molecule is CC1(C)OB(c2cc(-c3cccc(C(=O)O)c3)ccc2F)OC1(C)C. The Balaban J connectivity index is 2.00. The van der Waals surface area contributed by atoms with Gasteiger partial charge < -0.3 is 14.4 Å². The lowest BCUT2D eigenvalue weighted by molar-refractivity contribution is 0.00578. The second kappa shape index (κ2) is 5.97. The van der Waals surface area contributed by atoms with Crippen molar-refractivity contribution in [2.45, 2.75) is 38.9 Å². The molecule has 2 aromatic carbocycles. The summed E-state index contributed by atoms with van der Waals surface area (Å²) in [5.74, 6) is -1.42. The summed E-state index contributed by atoms with van der Waals surface area (Å²) >= 11 is 0. The van der Waals surface area contributed by atoms with E-state index < -0.39 is 30.1 Å². The number of carboxylic acids is 1. The van der Waals surface area contributed by atoms with Crippen molar-refractivity contribution in [1.29, 1.82) is 0 Å². The van der Waals surface area contributed by atoms with Crippen LogP contribution < -0.4 is 5.46 Å². The number of rotatable bonds is 3. The number of benzene rings is 2. The molecule has 1 aliphatic rings. The maximum atomic E-state index is 14.4. The average Bonchev–Trinajstić information content (AvgIpc) is 2.75. The van der Waals surface area contributed by atoms with E-state index in [0.717, 1.165) is 0 Å². The van der Waals surface area contributed by atoms with E-state index in [1.807, 2.05) is 27.7 Å². The lowest BCUT2D eigenvalue weighted by atomic mass is 9.77. The first-order valence-electron chi connectivity index (χ1n) is 8.09. The summed E-state index contributed by atoms with van der Waals surface area (Å²) in [4.78, 5) is 11.2. The van der Waals surface area contributed by atoms with Crippen molar-refractivity contribution in [3.05, 3.63) is 53.8 Å². The summed E-state index contributed by atoms with van der Waals surface area (Å²) < 4.78 is 26.2. The maximum Gasteiger partial charge on any atom is 0.497 e. The van der Waals surface area contributed by atoms with Crippen molar-refractivity contribution in [3.63, 3.8) is 0 Å². The molecule has 0 aromatic heterocycles. The predicted molar refractivity (Wildman–Crippen MR) is 94.5 cm³/mol. The molecule has 1 saturated heterocycles. The van der Waals surface area contributed by atoms with Crippen LogP contribution >= 0.6 is 0 Å². The zero-order chi connectivity index (χ0) is 18.4. The van der Waals surface area contributed by atoms with E-state index in [9.17, 15) is 9.18 Å². The van der Waals surface area contributed by atoms with E-state index >= 15 is 0 Å². The predicted octanol–water partition coefficient (Wildman–Crippen LogP) is 3.49. The van der Waals surface area contributed by atoms with Crippen LogP contribution in [0.1, 0.15) is 38.1 Å². The highest BCUT2D eigenvalue weighted by molar-refractivity contribution is 6.62. The van der Waals surface area contributed by atoms with Crippen LogP contribution in [0.15, 0.2) is 42.5 Å². The smallest absolute Gasteiger partial charge is 0.478 e. The molecule has 0 spiro atoms. The summed E-state index contributed by atoms with van der Waals surface area (Å²) in [6.07, 6.45) is 0. The Morgan fingerprint density at radius 3 is 2.20 bits per heavy atom. The maximum absolute atomic E-state index is 14.4. The molecule has 3 rings (SSSR count). The molecule has 1 N–H and O–H groups in total. The molecule has 0 aliphatic carbocycles. The van der Waals surface area contributed by atoms with E-state index in [-0.39, 0.29) is 5.56 Å². The Morgan fingerprint density at radius 1 is 1.00 bits per heavy atom. The van der Waals surface area contributed by atoms with Gasteiger partial charge in [-0.3, -0.25) is 0 Å². The summed E-state index contributed by atoms with van der Waals surface area (Å²) in [6.45, 7) is 7.63. The van der Waals surface area contributed by atoms with E-state index in [1.165, 1.54) is 12.1 Å². The number of halogens is 1. The number of hydrogen-bond donors (Lipinski definition) is 1. The minimum Gasteiger partial charge on any atom is -0.478 e. The fourth-order valence-corrected chi connectivity index (χ4v) is 2.71. The molecule has 0 bridgehead atoms. The van der Waals surface area contributed by atoms with Crippen molar-refractivity contribution >= 4 is 18.6 Å². The Bertz CT molecular complexity index is 816. The lowest BCUT2D eigenvalue weighted by Crippen LogP contribution is -2.41. The first-order valence-corrected chi connectivity index (χ1v) is 8.09. The molecule has 4 nitrogen and oxygen atoms in total. The molecule has 0 atom stereocenters. The van der Waals surface area contributed by atoms with Gasteiger partial charge in [0.2, 0.25) is 0 Å². The highest BCUT2D eigenvalue weighted by atomic mass is 19.1. The summed E-state index contributed by atoms with van der Waals surface area (Å²) in [5, 5.41) is 9.14. The van der Waals surface area contributed by atoms with Crippen molar-refractivity contribution in [1.82, 2.24) is 0 Å². The minimum absolute atomic E-state index is 0.180. The molecule has 1 fully saturated rings. The third-order valence-corrected chi connectivity index (χ3v) is 4.95. The van der Waals surface area contributed by atoms with Crippen LogP contribution in [0.3, 0.4) is 0 Å². The fraction of sp³-hybridized carbons (Fsp3) is 0.316. The molecular weight excluding hydrogens is 322 g/mol. The highest BCUT2D eigenvalue weighted by Gasteiger charge is 2.52. The number of hydrogen-bond acceptors (Lipinski definition) is 3. The van der Waals surface area contributed by atoms with Crippen molar-refractivity contribution in [3.8, 4) is 11.1 Å². The third kappa shape index (κ3) is 3.19. The second-order valence-corrected chi connectivity index (χ2v) is 7.21. The van der Waals surface area contributed by atoms with Gasteiger partial charge in [0.25, 0.3) is 0 Å². The van der Waals surface area contributed by atoms with Gasteiger partial charge in [-0.2, -0.15) is 0 Å². The molecule has 0 unspecified atom stereocenters. The molecule has 0 radical (unpaired) electrons. The first kappa shape index (κ1) is 17.6. The largest absolute Gasteiger partial charge is 0.497 e. The van der Waals surface area contributed by atoms with Crippen LogP contribution in [0.4, 0.5) is 4.39 Å². The normalized spacial score (nSPS) is 18.4. The molecule has 1 aliphatic heterocycles. The van der Waals surface area contributed by atoms with Gasteiger partial charge in [-0.25, -0.2) is 9.18 Å². The van der Waals surface area contributed by atoms with Gasteiger partial charge >= 0.3 is 13.1 Å². The van der Waals surface area contributed by atoms with Crippen molar-refractivity contribution in [2.75, 3.05) is 0 Å². The summed E-state index contributed by atoms with van der Waals surface area (Å²) in [7, 11) is -0.812. The van der Waals surface area contributed by atoms with E-state index in [4.69, 9.17) is 14.4 Å². The zero-order valence-corrected chi connectivity index (χ0v) is 14.7. The Hall–Kier alpha value is -2.18. The Morgan fingerprint density at radius 2 is 1.60 bits per heavy atom. The number of carbonyl (C=O) groups is 1. The van der Waals surface area contributed by atoms with Crippen LogP contribution in [0, 0.1) is 5.82 Å². The molecule has 130 valence electrons. The molecule has 6 heteroatoms. The van der Waals surface area contributed by atoms with Crippen LogP contribution in [0.2, 0.25) is 0 Å². The summed E-state index contributed by atoms with van der Waals surface area (Å²) in [5.41, 5.74) is 0.745. The molecule has 25 heavy (non-hydrogen) atoms. The number of aromatic carboxylic acids is 1. The van der Waals surface area contributed by atoms with Gasteiger partial charge in [-0.05, 0) is 57.0 Å². The molecule has 1 heterocycles. The van der Waals surface area contributed by atoms with Gasteiger partial charge in [0.05, 0.1) is 16.8 Å². The Kier molecular flexibility index (Phi) is 4.21. The van der Waals surface area contributed by atoms with Gasteiger partial charge in [-0.1, -0.05) is 24.3 Å². The average molecular weight is 342 g/mol. The summed E-state index contributed by atoms with van der Waals surface area (Å²) in [6, 6.07) is 11.1. The number of carboxylic acid groups (broad SMARTS) is 1. The van der Waals surface area contributed by atoms with Gasteiger partial charge in [-0.15, -0.1) is 0 Å². The first-order chi connectivity index (χ1) is 11.6. The molecule has 0 saturated carbocycles. The monoisotopic (exact) mass is 342 g/mol. The fourth-order valence-electron chi connectivity index (χ4n) is 2.71. The van der Waals surface area contributed by atoms with Crippen LogP contribution in [-0.2, 0) is 9.31 Å². The lowest BCUT2D eigenvalue weighted by Gasteiger charge is -2.32. The van der Waals surface area contributed by atoms with E-state index in [0.29, 0.717) is 16.6 Å².